The lowest BCUT2D eigenvalue weighted by atomic mass is 10.1. The second kappa shape index (κ2) is 7.82. The van der Waals surface area contributed by atoms with Gasteiger partial charge in [0.05, 0.1) is 6.42 Å². The minimum absolute atomic E-state index is 0.0283. The molecular weight excluding hydrogens is 349 g/mol. The number of alkyl halides is 5. The van der Waals surface area contributed by atoms with Gasteiger partial charge in [0.15, 0.2) is 0 Å². The van der Waals surface area contributed by atoms with Crippen molar-refractivity contribution in [2.75, 3.05) is 5.32 Å². The first-order chi connectivity index (χ1) is 11.7. The quantitative estimate of drug-likeness (QED) is 0.778. The molecule has 25 heavy (non-hydrogen) atoms. The van der Waals surface area contributed by atoms with Crippen molar-refractivity contribution in [1.82, 2.24) is 0 Å². The number of rotatable bonds is 6. The molecule has 0 heterocycles. The fraction of sp³-hybridized carbons (Fsp3) is 0.188. The second-order valence-corrected chi connectivity index (χ2v) is 4.82. The Labute approximate surface area is 139 Å². The molecule has 134 valence electrons. The summed E-state index contributed by atoms with van der Waals surface area (Å²) in [5.74, 6) is -0.855. The Bertz CT molecular complexity index is 699. The summed E-state index contributed by atoms with van der Waals surface area (Å²) in [6.07, 6.45) is -4.83. The molecule has 9 heteroatoms. The molecule has 0 radical (unpaired) electrons. The van der Waals surface area contributed by atoms with Crippen molar-refractivity contribution in [1.29, 1.82) is 0 Å². The highest BCUT2D eigenvalue weighted by molar-refractivity contribution is 5.92. The van der Waals surface area contributed by atoms with Crippen molar-refractivity contribution < 1.29 is 36.2 Å². The van der Waals surface area contributed by atoms with E-state index in [2.05, 4.69) is 14.8 Å². The van der Waals surface area contributed by atoms with E-state index in [0.717, 1.165) is 12.1 Å². The van der Waals surface area contributed by atoms with Gasteiger partial charge in [-0.3, -0.25) is 4.79 Å². The number of benzene rings is 2. The Balaban J connectivity index is 1.89. The third-order valence-electron chi connectivity index (χ3n) is 2.88. The fourth-order valence-corrected chi connectivity index (χ4v) is 1.92. The zero-order valence-electron chi connectivity index (χ0n) is 12.5. The number of nitrogens with one attached hydrogen (secondary N) is 1. The first-order valence-electron chi connectivity index (χ1n) is 6.91. The highest BCUT2D eigenvalue weighted by Crippen LogP contribution is 2.24. The van der Waals surface area contributed by atoms with Crippen LogP contribution in [0.1, 0.15) is 5.56 Å². The number of carbonyl (C=O) groups excluding carboxylic acids is 1. The van der Waals surface area contributed by atoms with E-state index in [1.165, 1.54) is 36.4 Å². The Morgan fingerprint density at radius 3 is 2.04 bits per heavy atom. The maximum atomic E-state index is 12.1. The maximum Gasteiger partial charge on any atom is 0.573 e. The molecule has 2 rings (SSSR count). The summed E-state index contributed by atoms with van der Waals surface area (Å²) in [5.41, 5.74) is 0.841. The largest absolute Gasteiger partial charge is 0.573 e. The molecule has 2 aromatic rings. The SMILES string of the molecule is O=C(Cc1ccc(OC(F)F)cc1)Nc1ccc(OC(F)(F)F)cc1. The highest BCUT2D eigenvalue weighted by atomic mass is 19.4. The summed E-state index contributed by atoms with van der Waals surface area (Å²) in [7, 11) is 0. The molecule has 2 aromatic carbocycles. The molecule has 0 aliphatic carbocycles. The number of carbonyl (C=O) groups is 1. The molecule has 0 spiro atoms. The lowest BCUT2D eigenvalue weighted by molar-refractivity contribution is -0.274. The monoisotopic (exact) mass is 361 g/mol. The van der Waals surface area contributed by atoms with Crippen molar-refractivity contribution in [3.05, 3.63) is 54.1 Å². The molecule has 0 fully saturated rings. The predicted octanol–water partition coefficient (Wildman–Crippen LogP) is 4.37. The first-order valence-corrected chi connectivity index (χ1v) is 6.91. The van der Waals surface area contributed by atoms with Gasteiger partial charge in [-0.2, -0.15) is 8.78 Å². The molecule has 0 bridgehead atoms. The van der Waals surface area contributed by atoms with E-state index in [1.807, 2.05) is 0 Å². The summed E-state index contributed by atoms with van der Waals surface area (Å²) >= 11 is 0. The maximum absolute atomic E-state index is 12.1. The lowest BCUT2D eigenvalue weighted by Crippen LogP contribution is -2.17. The Morgan fingerprint density at radius 1 is 0.960 bits per heavy atom. The zero-order valence-corrected chi connectivity index (χ0v) is 12.5. The molecule has 0 atom stereocenters. The van der Waals surface area contributed by atoms with Crippen LogP contribution >= 0.6 is 0 Å². The molecule has 4 nitrogen and oxygen atoms in total. The Morgan fingerprint density at radius 2 is 1.52 bits per heavy atom. The van der Waals surface area contributed by atoms with E-state index in [4.69, 9.17) is 0 Å². The third kappa shape index (κ3) is 6.66. The van der Waals surface area contributed by atoms with Gasteiger partial charge in [0.2, 0.25) is 5.91 Å². The molecule has 1 amide bonds. The number of ether oxygens (including phenoxy) is 2. The first kappa shape index (κ1) is 18.5. The van der Waals surface area contributed by atoms with Crippen molar-refractivity contribution in [2.24, 2.45) is 0 Å². The number of hydrogen-bond acceptors (Lipinski definition) is 3. The minimum Gasteiger partial charge on any atom is -0.435 e. The molecule has 0 saturated heterocycles. The van der Waals surface area contributed by atoms with Crippen molar-refractivity contribution in [3.8, 4) is 11.5 Å². The molecule has 0 aliphatic heterocycles. The number of halogens is 5. The summed E-state index contributed by atoms with van der Waals surface area (Å²) in [6, 6.07) is 10.2. The van der Waals surface area contributed by atoms with Gasteiger partial charge in [-0.15, -0.1) is 13.2 Å². The van der Waals surface area contributed by atoms with Gasteiger partial charge in [-0.1, -0.05) is 12.1 Å². The molecule has 1 N–H and O–H groups in total. The molecule has 0 unspecified atom stereocenters. The van der Waals surface area contributed by atoms with Crippen LogP contribution in [0.4, 0.5) is 27.6 Å². The molecule has 0 aromatic heterocycles. The van der Waals surface area contributed by atoms with Crippen LogP contribution in [0, 0.1) is 0 Å². The van der Waals surface area contributed by atoms with E-state index in [9.17, 15) is 26.7 Å². The van der Waals surface area contributed by atoms with Gasteiger partial charge in [0, 0.05) is 5.69 Å². The second-order valence-electron chi connectivity index (χ2n) is 4.82. The third-order valence-corrected chi connectivity index (χ3v) is 2.88. The minimum atomic E-state index is -4.79. The van der Waals surface area contributed by atoms with Gasteiger partial charge < -0.3 is 14.8 Å². The zero-order chi connectivity index (χ0) is 18.4. The van der Waals surface area contributed by atoms with Gasteiger partial charge in [0.1, 0.15) is 11.5 Å². The molecule has 0 saturated carbocycles. The highest BCUT2D eigenvalue weighted by Gasteiger charge is 2.30. The number of anilines is 1. The van der Waals surface area contributed by atoms with Crippen LogP contribution in [-0.2, 0) is 11.2 Å². The van der Waals surface area contributed by atoms with E-state index in [1.54, 1.807) is 0 Å². The van der Waals surface area contributed by atoms with Crippen LogP contribution in [0.5, 0.6) is 11.5 Å². The summed E-state index contributed by atoms with van der Waals surface area (Å²) in [6.45, 7) is -2.93. The van der Waals surface area contributed by atoms with E-state index < -0.39 is 24.6 Å². The van der Waals surface area contributed by atoms with Gasteiger partial charge in [-0.05, 0) is 42.0 Å². The lowest BCUT2D eigenvalue weighted by Gasteiger charge is -2.10. The fourth-order valence-electron chi connectivity index (χ4n) is 1.92. The standard InChI is InChI=1S/C16H12F5NO3/c17-15(18)24-12-5-1-10(2-6-12)9-14(23)22-11-3-7-13(8-4-11)25-16(19,20)21/h1-8,15H,9H2,(H,22,23). The van der Waals surface area contributed by atoms with Gasteiger partial charge >= 0.3 is 13.0 Å². The van der Waals surface area contributed by atoms with Crippen molar-refractivity contribution >= 4 is 11.6 Å². The molecular formula is C16H12F5NO3. The van der Waals surface area contributed by atoms with E-state index in [-0.39, 0.29) is 17.9 Å². The van der Waals surface area contributed by atoms with Gasteiger partial charge in [-0.25, -0.2) is 0 Å². The normalized spacial score (nSPS) is 11.3. The van der Waals surface area contributed by atoms with Crippen LogP contribution < -0.4 is 14.8 Å². The summed E-state index contributed by atoms with van der Waals surface area (Å²) in [5, 5.41) is 2.50. The smallest absolute Gasteiger partial charge is 0.435 e. The number of hydrogen-bond donors (Lipinski definition) is 1. The summed E-state index contributed by atoms with van der Waals surface area (Å²) in [4.78, 5) is 11.9. The van der Waals surface area contributed by atoms with Gasteiger partial charge in [0.25, 0.3) is 0 Å². The van der Waals surface area contributed by atoms with E-state index in [0.29, 0.717) is 5.56 Å². The average Bonchev–Trinajstić information content (AvgIpc) is 2.49. The number of amides is 1. The van der Waals surface area contributed by atoms with Crippen molar-refractivity contribution in [3.63, 3.8) is 0 Å². The van der Waals surface area contributed by atoms with Crippen LogP contribution in [0.2, 0.25) is 0 Å². The van der Waals surface area contributed by atoms with Crippen LogP contribution in [0.3, 0.4) is 0 Å². The summed E-state index contributed by atoms with van der Waals surface area (Å²) < 4.78 is 68.1. The Kier molecular flexibility index (Phi) is 5.79. The van der Waals surface area contributed by atoms with E-state index >= 15 is 0 Å². The average molecular weight is 361 g/mol. The van der Waals surface area contributed by atoms with Crippen LogP contribution in [-0.4, -0.2) is 18.9 Å². The topological polar surface area (TPSA) is 47.6 Å². The Hall–Kier alpha value is -2.84. The predicted molar refractivity (Wildman–Crippen MR) is 78.5 cm³/mol. The van der Waals surface area contributed by atoms with Crippen LogP contribution in [0.15, 0.2) is 48.5 Å². The van der Waals surface area contributed by atoms with Crippen LogP contribution in [0.25, 0.3) is 0 Å². The molecule has 0 aliphatic rings. The van der Waals surface area contributed by atoms with Crippen molar-refractivity contribution in [2.45, 2.75) is 19.4 Å².